The van der Waals surface area contributed by atoms with Gasteiger partial charge in [-0.1, -0.05) is 6.92 Å². The predicted octanol–water partition coefficient (Wildman–Crippen LogP) is 1.32. The monoisotopic (exact) mass is 287 g/mol. The average Bonchev–Trinajstić information content (AvgIpc) is 2.39. The Hall–Kier alpha value is -0.980. The van der Waals surface area contributed by atoms with E-state index in [2.05, 4.69) is 4.90 Å². The summed E-state index contributed by atoms with van der Waals surface area (Å²) in [5.74, 6) is -0.500. The maximum Gasteiger partial charge on any atom is 0.180 e. The van der Waals surface area contributed by atoms with E-state index in [4.69, 9.17) is 4.74 Å². The Bertz CT molecular complexity index is 515. The van der Waals surface area contributed by atoms with Crippen molar-refractivity contribution in [2.24, 2.45) is 0 Å². The Morgan fingerprint density at radius 3 is 2.68 bits per heavy atom. The number of halogens is 1. The van der Waals surface area contributed by atoms with Crippen LogP contribution in [-0.2, 0) is 14.6 Å². The molecule has 0 aromatic heterocycles. The highest BCUT2D eigenvalue weighted by Crippen LogP contribution is 2.16. The Morgan fingerprint density at radius 2 is 2.05 bits per heavy atom. The lowest BCUT2D eigenvalue weighted by molar-refractivity contribution is -0.0145. The van der Waals surface area contributed by atoms with Crippen LogP contribution < -0.4 is 0 Å². The van der Waals surface area contributed by atoms with Gasteiger partial charge in [0.1, 0.15) is 5.82 Å². The molecule has 0 N–H and O–H groups in total. The molecule has 1 fully saturated rings. The number of hydrogen-bond acceptors (Lipinski definition) is 4. The molecule has 1 aromatic carbocycles. The van der Waals surface area contributed by atoms with E-state index < -0.39 is 15.7 Å². The van der Waals surface area contributed by atoms with Crippen molar-refractivity contribution in [3.8, 4) is 0 Å². The highest BCUT2D eigenvalue weighted by Gasteiger charge is 2.26. The molecule has 1 aliphatic heterocycles. The molecule has 4 nitrogen and oxygen atoms in total. The number of hydrogen-bond donors (Lipinski definition) is 0. The van der Waals surface area contributed by atoms with E-state index in [1.807, 2.05) is 6.92 Å². The van der Waals surface area contributed by atoms with Gasteiger partial charge in [-0.2, -0.15) is 0 Å². The Labute approximate surface area is 113 Å². The van der Waals surface area contributed by atoms with Gasteiger partial charge in [-0.15, -0.1) is 0 Å². The van der Waals surface area contributed by atoms with Gasteiger partial charge in [-0.05, 0) is 30.8 Å². The lowest BCUT2D eigenvalue weighted by atomic mass is 10.3. The van der Waals surface area contributed by atoms with Crippen LogP contribution in [0.15, 0.2) is 29.2 Å². The molecule has 1 heterocycles. The third-order valence-corrected chi connectivity index (χ3v) is 5.05. The zero-order valence-corrected chi connectivity index (χ0v) is 11.7. The molecule has 0 bridgehead atoms. The molecular weight excluding hydrogens is 269 g/mol. The van der Waals surface area contributed by atoms with Crippen molar-refractivity contribution in [3.63, 3.8) is 0 Å². The van der Waals surface area contributed by atoms with Crippen molar-refractivity contribution in [1.82, 2.24) is 4.90 Å². The molecule has 2 rings (SSSR count). The zero-order chi connectivity index (χ0) is 13.9. The Morgan fingerprint density at radius 1 is 1.37 bits per heavy atom. The standard InChI is InChI=1S/C13H18FNO3S/c1-2-15-7-8-18-12(9-15)10-19(16,17)13-5-3-11(14)4-6-13/h3-6,12H,2,7-10H2,1H3. The van der Waals surface area contributed by atoms with Crippen LogP contribution in [0.5, 0.6) is 0 Å². The first-order valence-electron chi connectivity index (χ1n) is 6.33. The van der Waals surface area contributed by atoms with Crippen molar-refractivity contribution in [1.29, 1.82) is 0 Å². The average molecular weight is 287 g/mol. The molecule has 1 aliphatic rings. The summed E-state index contributed by atoms with van der Waals surface area (Å²) in [6.07, 6.45) is -0.316. The van der Waals surface area contributed by atoms with Gasteiger partial charge in [0, 0.05) is 13.1 Å². The number of benzene rings is 1. The first-order chi connectivity index (χ1) is 9.01. The molecule has 106 valence electrons. The van der Waals surface area contributed by atoms with Crippen LogP contribution in [0.4, 0.5) is 4.39 Å². The Kier molecular flexibility index (Phi) is 4.54. The fraction of sp³-hybridized carbons (Fsp3) is 0.538. The summed E-state index contributed by atoms with van der Waals surface area (Å²) < 4.78 is 42.7. The zero-order valence-electron chi connectivity index (χ0n) is 10.9. The minimum absolute atomic E-state index is 0.0604. The molecule has 19 heavy (non-hydrogen) atoms. The summed E-state index contributed by atoms with van der Waals surface area (Å²) in [4.78, 5) is 2.31. The number of morpholine rings is 1. The second-order valence-corrected chi connectivity index (χ2v) is 6.66. The smallest absolute Gasteiger partial charge is 0.180 e. The van der Waals surface area contributed by atoms with Crippen molar-refractivity contribution >= 4 is 9.84 Å². The molecule has 6 heteroatoms. The second-order valence-electron chi connectivity index (χ2n) is 4.62. The van der Waals surface area contributed by atoms with Gasteiger partial charge in [0.25, 0.3) is 0 Å². The molecule has 1 aromatic rings. The van der Waals surface area contributed by atoms with Gasteiger partial charge >= 0.3 is 0 Å². The molecule has 0 saturated carbocycles. The molecular formula is C13H18FNO3S. The number of rotatable bonds is 4. The Balaban J connectivity index is 2.06. The van der Waals surface area contributed by atoms with Crippen LogP contribution >= 0.6 is 0 Å². The summed E-state index contributed by atoms with van der Waals surface area (Å²) in [6, 6.07) is 4.91. The minimum atomic E-state index is -3.43. The van der Waals surface area contributed by atoms with Crippen LogP contribution in [0.1, 0.15) is 6.92 Å². The third-order valence-electron chi connectivity index (χ3n) is 3.25. The SMILES string of the molecule is CCN1CCOC(CS(=O)(=O)c2ccc(F)cc2)C1. The maximum atomic E-state index is 12.8. The second kappa shape index (κ2) is 5.98. The molecule has 0 amide bonds. The summed E-state index contributed by atoms with van der Waals surface area (Å²) in [7, 11) is -3.43. The molecule has 1 atom stereocenters. The van der Waals surface area contributed by atoms with E-state index in [0.717, 1.165) is 25.2 Å². The van der Waals surface area contributed by atoms with E-state index in [9.17, 15) is 12.8 Å². The highest BCUT2D eigenvalue weighted by molar-refractivity contribution is 7.91. The lowest BCUT2D eigenvalue weighted by Gasteiger charge is -2.31. The minimum Gasteiger partial charge on any atom is -0.374 e. The van der Waals surface area contributed by atoms with Crippen molar-refractivity contribution < 1.29 is 17.5 Å². The third kappa shape index (κ3) is 3.75. The number of nitrogens with zero attached hydrogens (tertiary/aromatic N) is 1. The van der Waals surface area contributed by atoms with Crippen LogP contribution in [0.25, 0.3) is 0 Å². The molecule has 1 unspecified atom stereocenters. The predicted molar refractivity (Wildman–Crippen MR) is 70.3 cm³/mol. The highest BCUT2D eigenvalue weighted by atomic mass is 32.2. The number of ether oxygens (including phenoxy) is 1. The van der Waals surface area contributed by atoms with Crippen LogP contribution in [0, 0.1) is 5.82 Å². The van der Waals surface area contributed by atoms with E-state index in [1.165, 1.54) is 12.1 Å². The van der Waals surface area contributed by atoms with E-state index in [0.29, 0.717) is 13.2 Å². The molecule has 0 aliphatic carbocycles. The molecule has 0 radical (unpaired) electrons. The van der Waals surface area contributed by atoms with E-state index >= 15 is 0 Å². The lowest BCUT2D eigenvalue weighted by Crippen LogP contribution is -2.45. The van der Waals surface area contributed by atoms with Gasteiger partial charge in [0.05, 0.1) is 23.4 Å². The first-order valence-corrected chi connectivity index (χ1v) is 7.99. The summed E-state index contributed by atoms with van der Waals surface area (Å²) in [5, 5.41) is 0. The summed E-state index contributed by atoms with van der Waals surface area (Å²) >= 11 is 0. The van der Waals surface area contributed by atoms with E-state index in [1.54, 1.807) is 0 Å². The van der Waals surface area contributed by atoms with Crippen LogP contribution in [-0.4, -0.2) is 51.4 Å². The largest absolute Gasteiger partial charge is 0.374 e. The fourth-order valence-corrected chi connectivity index (χ4v) is 3.59. The quantitative estimate of drug-likeness (QED) is 0.784. The summed E-state index contributed by atoms with van der Waals surface area (Å²) in [6.45, 7) is 4.94. The van der Waals surface area contributed by atoms with Crippen molar-refractivity contribution in [2.45, 2.75) is 17.9 Å². The normalized spacial score (nSPS) is 21.5. The van der Waals surface area contributed by atoms with Crippen LogP contribution in [0.2, 0.25) is 0 Å². The van der Waals surface area contributed by atoms with Crippen molar-refractivity contribution in [2.75, 3.05) is 32.0 Å². The van der Waals surface area contributed by atoms with Gasteiger partial charge in [-0.25, -0.2) is 12.8 Å². The van der Waals surface area contributed by atoms with Gasteiger partial charge in [0.15, 0.2) is 9.84 Å². The summed E-state index contributed by atoms with van der Waals surface area (Å²) in [5.41, 5.74) is 0. The number of sulfone groups is 1. The van der Waals surface area contributed by atoms with Crippen molar-refractivity contribution in [3.05, 3.63) is 30.1 Å². The van der Waals surface area contributed by atoms with Gasteiger partial charge in [0.2, 0.25) is 0 Å². The maximum absolute atomic E-state index is 12.8. The molecule has 1 saturated heterocycles. The number of likely N-dealkylation sites (N-methyl/N-ethyl adjacent to an activating group) is 1. The fourth-order valence-electron chi connectivity index (χ4n) is 2.15. The van der Waals surface area contributed by atoms with Crippen LogP contribution in [0.3, 0.4) is 0 Å². The topological polar surface area (TPSA) is 46.6 Å². The molecule has 0 spiro atoms. The first kappa shape index (κ1) is 14.4. The van der Waals surface area contributed by atoms with Gasteiger partial charge < -0.3 is 4.74 Å². The van der Waals surface area contributed by atoms with E-state index in [-0.39, 0.29) is 16.8 Å². The van der Waals surface area contributed by atoms with Gasteiger partial charge in [-0.3, -0.25) is 4.90 Å².